The summed E-state index contributed by atoms with van der Waals surface area (Å²) in [5.74, 6) is -0.646. The number of β-amino-alcohol motifs (C(OH)–C–C–N with tert-alkyl or cyclic N) is 2. The third-order valence-corrected chi connectivity index (χ3v) is 6.25. The van der Waals surface area contributed by atoms with Crippen LogP contribution in [-0.4, -0.2) is 57.8 Å². The minimum atomic E-state index is -0.935. The molecular formula is C25H23FN2O5. The van der Waals surface area contributed by atoms with Gasteiger partial charge in [0.1, 0.15) is 17.2 Å². The third kappa shape index (κ3) is 3.61. The summed E-state index contributed by atoms with van der Waals surface area (Å²) < 4.78 is 19.7. The summed E-state index contributed by atoms with van der Waals surface area (Å²) in [5.41, 5.74) is 2.71. The number of likely N-dealkylation sites (tertiary alicyclic amines) is 1. The van der Waals surface area contributed by atoms with E-state index in [1.54, 1.807) is 36.4 Å². The molecule has 3 heterocycles. The number of hydrogen-bond donors (Lipinski definition) is 3. The van der Waals surface area contributed by atoms with Crippen LogP contribution in [0.1, 0.15) is 35.3 Å². The van der Waals surface area contributed by atoms with Crippen LogP contribution in [0.4, 0.5) is 10.1 Å². The fourth-order valence-electron chi connectivity index (χ4n) is 4.52. The van der Waals surface area contributed by atoms with Crippen LogP contribution in [0.5, 0.6) is 0 Å². The molecule has 2 amide bonds. The summed E-state index contributed by atoms with van der Waals surface area (Å²) in [6, 6.07) is 11.1. The number of aliphatic hydroxyl groups excluding tert-OH is 2. The lowest BCUT2D eigenvalue weighted by molar-refractivity contribution is -0.111. The lowest BCUT2D eigenvalue weighted by Crippen LogP contribution is -2.29. The van der Waals surface area contributed by atoms with Crippen LogP contribution < -0.4 is 5.32 Å². The number of aliphatic hydroxyl groups is 2. The Labute approximate surface area is 189 Å². The second-order valence-corrected chi connectivity index (χ2v) is 8.98. The molecule has 0 radical (unpaired) electrons. The van der Waals surface area contributed by atoms with Crippen LogP contribution in [0.25, 0.3) is 11.1 Å². The molecule has 3 aliphatic heterocycles. The maximum Gasteiger partial charge on any atom is 0.260 e. The number of hydrogen-bond acceptors (Lipinski definition) is 5. The van der Waals surface area contributed by atoms with Gasteiger partial charge in [0, 0.05) is 29.8 Å². The van der Waals surface area contributed by atoms with Crippen molar-refractivity contribution in [1.29, 1.82) is 0 Å². The molecule has 7 nitrogen and oxygen atoms in total. The van der Waals surface area contributed by atoms with Gasteiger partial charge in [-0.3, -0.25) is 9.59 Å². The first kappa shape index (κ1) is 21.4. The number of halogens is 1. The number of nitrogens with one attached hydrogen (secondary N) is 1. The average Bonchev–Trinajstić information content (AvgIpc) is 3.38. The molecule has 5 rings (SSSR count). The van der Waals surface area contributed by atoms with E-state index in [9.17, 15) is 24.2 Å². The number of nitrogens with zero attached hydrogens (tertiary/aromatic N) is 1. The highest BCUT2D eigenvalue weighted by atomic mass is 19.1. The van der Waals surface area contributed by atoms with Crippen LogP contribution in [-0.2, 0) is 9.53 Å². The predicted molar refractivity (Wildman–Crippen MR) is 119 cm³/mol. The highest BCUT2D eigenvalue weighted by Crippen LogP contribution is 2.44. The van der Waals surface area contributed by atoms with Crippen LogP contribution in [0.15, 0.2) is 54.3 Å². The van der Waals surface area contributed by atoms with Crippen LogP contribution in [0.2, 0.25) is 0 Å². The molecule has 3 aliphatic rings. The van der Waals surface area contributed by atoms with Crippen LogP contribution >= 0.6 is 0 Å². The molecule has 2 aromatic carbocycles. The number of anilines is 1. The Bertz CT molecular complexity index is 1220. The van der Waals surface area contributed by atoms with Gasteiger partial charge >= 0.3 is 0 Å². The van der Waals surface area contributed by atoms with Crippen molar-refractivity contribution < 1.29 is 28.9 Å². The highest BCUT2D eigenvalue weighted by molar-refractivity contribution is 6.32. The van der Waals surface area contributed by atoms with Crippen LogP contribution in [0, 0.1) is 5.82 Å². The van der Waals surface area contributed by atoms with E-state index in [1.807, 2.05) is 13.8 Å². The van der Waals surface area contributed by atoms with Crippen molar-refractivity contribution >= 4 is 28.6 Å². The van der Waals surface area contributed by atoms with Crippen molar-refractivity contribution in [2.75, 3.05) is 18.4 Å². The molecule has 3 N–H and O–H groups in total. The Morgan fingerprint density at radius 1 is 1.12 bits per heavy atom. The molecule has 33 heavy (non-hydrogen) atoms. The minimum Gasteiger partial charge on any atom is -0.482 e. The molecule has 0 bridgehead atoms. The molecule has 0 unspecified atom stereocenters. The maximum absolute atomic E-state index is 13.6. The minimum absolute atomic E-state index is 0.0954. The van der Waals surface area contributed by atoms with E-state index in [1.165, 1.54) is 17.0 Å². The molecule has 0 aromatic heterocycles. The average molecular weight is 450 g/mol. The summed E-state index contributed by atoms with van der Waals surface area (Å²) in [7, 11) is 0. The molecule has 2 atom stereocenters. The van der Waals surface area contributed by atoms with Gasteiger partial charge in [-0.25, -0.2) is 4.39 Å². The summed E-state index contributed by atoms with van der Waals surface area (Å²) in [6.07, 6.45) is -0.0661. The lowest BCUT2D eigenvalue weighted by atomic mass is 9.91. The molecule has 0 aliphatic carbocycles. The monoisotopic (exact) mass is 450 g/mol. The molecule has 0 saturated carbocycles. The van der Waals surface area contributed by atoms with Gasteiger partial charge in [0.05, 0.1) is 23.5 Å². The molecule has 2 aromatic rings. The third-order valence-electron chi connectivity index (χ3n) is 6.25. The fraction of sp³-hybridized carbons (Fsp3) is 0.280. The van der Waals surface area contributed by atoms with E-state index in [-0.39, 0.29) is 24.9 Å². The van der Waals surface area contributed by atoms with E-state index in [0.717, 1.165) is 11.1 Å². The predicted octanol–water partition coefficient (Wildman–Crippen LogP) is 2.56. The number of fused-ring (bicyclic) bond motifs is 1. The second-order valence-electron chi connectivity index (χ2n) is 8.98. The summed E-state index contributed by atoms with van der Waals surface area (Å²) in [6.45, 7) is 3.96. The summed E-state index contributed by atoms with van der Waals surface area (Å²) >= 11 is 0. The van der Waals surface area contributed by atoms with Crippen molar-refractivity contribution in [1.82, 2.24) is 4.90 Å². The quantitative estimate of drug-likeness (QED) is 0.611. The van der Waals surface area contributed by atoms with E-state index < -0.39 is 23.6 Å². The van der Waals surface area contributed by atoms with Crippen LogP contribution in [0.3, 0.4) is 0 Å². The fourth-order valence-corrected chi connectivity index (χ4v) is 4.52. The van der Waals surface area contributed by atoms with E-state index >= 15 is 0 Å². The van der Waals surface area contributed by atoms with Gasteiger partial charge in [0.25, 0.3) is 11.8 Å². The topological polar surface area (TPSA) is 99.1 Å². The zero-order valence-electron chi connectivity index (χ0n) is 18.1. The Kier molecular flexibility index (Phi) is 4.88. The zero-order valence-corrected chi connectivity index (χ0v) is 18.1. The zero-order chi connectivity index (χ0) is 23.5. The first-order valence-electron chi connectivity index (χ1n) is 10.7. The number of rotatable bonds is 2. The van der Waals surface area contributed by atoms with Crippen molar-refractivity contribution in [2.24, 2.45) is 0 Å². The van der Waals surface area contributed by atoms with Gasteiger partial charge in [-0.15, -0.1) is 0 Å². The van der Waals surface area contributed by atoms with Gasteiger partial charge in [-0.2, -0.15) is 0 Å². The number of ether oxygens (including phenoxy) is 1. The molecule has 0 spiro atoms. The van der Waals surface area contributed by atoms with Crippen molar-refractivity contribution in [3.05, 3.63) is 76.8 Å². The first-order valence-corrected chi connectivity index (χ1v) is 10.7. The van der Waals surface area contributed by atoms with E-state index in [2.05, 4.69) is 5.32 Å². The number of carbonyl (C=O) groups is 2. The molecule has 170 valence electrons. The van der Waals surface area contributed by atoms with Gasteiger partial charge in [-0.05, 0) is 55.8 Å². The van der Waals surface area contributed by atoms with Crippen molar-refractivity contribution in [3.63, 3.8) is 0 Å². The van der Waals surface area contributed by atoms with Crippen molar-refractivity contribution in [3.8, 4) is 0 Å². The summed E-state index contributed by atoms with van der Waals surface area (Å²) in [5, 5.41) is 22.1. The van der Waals surface area contributed by atoms with Gasteiger partial charge in [-0.1, -0.05) is 12.1 Å². The number of benzene rings is 2. The first-order chi connectivity index (χ1) is 15.6. The van der Waals surface area contributed by atoms with Crippen molar-refractivity contribution in [2.45, 2.75) is 31.7 Å². The second kappa shape index (κ2) is 7.54. The Morgan fingerprint density at radius 3 is 2.45 bits per heavy atom. The maximum atomic E-state index is 13.6. The molecule has 1 fully saturated rings. The van der Waals surface area contributed by atoms with Gasteiger partial charge < -0.3 is 25.2 Å². The SMILES string of the molecule is CC1(C)OC(=C2C(=O)Nc3cc(F)ccc32)C=C1c1ccc(C(=O)N2C[C@H](O)[C@@H](O)C2)cc1. The standard InChI is InChI=1S/C25H23FN2O5/c1-25(2)17(10-21(33-25)22-16-8-7-15(26)9-18(16)27-23(22)31)13-3-5-14(6-4-13)24(32)28-11-19(29)20(30)12-28/h3-10,19-20,29-30H,11-12H2,1-2H3,(H,27,31)/t19-,20-/m0/s1. The molecule has 8 heteroatoms. The largest absolute Gasteiger partial charge is 0.482 e. The number of amides is 2. The Morgan fingerprint density at radius 2 is 1.79 bits per heavy atom. The van der Waals surface area contributed by atoms with E-state index in [4.69, 9.17) is 4.74 Å². The summed E-state index contributed by atoms with van der Waals surface area (Å²) in [4.78, 5) is 26.7. The number of allylic oxidation sites excluding steroid dienone is 1. The Hall–Kier alpha value is -3.49. The van der Waals surface area contributed by atoms with Gasteiger partial charge in [0.2, 0.25) is 0 Å². The van der Waals surface area contributed by atoms with E-state index in [0.29, 0.717) is 28.1 Å². The molecular weight excluding hydrogens is 427 g/mol. The Balaban J connectivity index is 1.46. The number of carbonyl (C=O) groups excluding carboxylic acids is 2. The highest BCUT2D eigenvalue weighted by Gasteiger charge is 2.38. The molecule has 1 saturated heterocycles. The normalized spacial score (nSPS) is 25.5. The smallest absolute Gasteiger partial charge is 0.260 e. The van der Waals surface area contributed by atoms with Gasteiger partial charge in [0.15, 0.2) is 0 Å². The lowest BCUT2D eigenvalue weighted by Gasteiger charge is -2.23.